The number of para-hydroxylation sites is 1. The van der Waals surface area contributed by atoms with E-state index in [0.717, 1.165) is 5.56 Å². The Morgan fingerprint density at radius 2 is 1.69 bits per heavy atom. The summed E-state index contributed by atoms with van der Waals surface area (Å²) in [6.07, 6.45) is 0.460. The third-order valence-electron chi connectivity index (χ3n) is 4.04. The first kappa shape index (κ1) is 19.3. The number of aliphatic carboxylic acids is 1. The van der Waals surface area contributed by atoms with Crippen LogP contribution in [-0.4, -0.2) is 37.7 Å². The van der Waals surface area contributed by atoms with Crippen molar-refractivity contribution in [1.29, 1.82) is 0 Å². The first-order valence-electron chi connectivity index (χ1n) is 8.25. The fraction of sp³-hybridized carbons (Fsp3) is 0.300. The molecule has 6 heteroatoms. The lowest BCUT2D eigenvalue weighted by Gasteiger charge is -2.24. The van der Waals surface area contributed by atoms with Crippen LogP contribution in [0.2, 0.25) is 0 Å². The zero-order valence-electron chi connectivity index (χ0n) is 15.1. The van der Waals surface area contributed by atoms with Gasteiger partial charge in [0.2, 0.25) is 5.91 Å². The van der Waals surface area contributed by atoms with E-state index in [-0.39, 0.29) is 12.5 Å². The summed E-state index contributed by atoms with van der Waals surface area (Å²) in [6, 6.07) is 14.3. The predicted octanol–water partition coefficient (Wildman–Crippen LogP) is 3.00. The molecule has 1 atom stereocenters. The van der Waals surface area contributed by atoms with Crippen molar-refractivity contribution in [2.24, 2.45) is 5.92 Å². The second-order valence-electron chi connectivity index (χ2n) is 5.95. The molecule has 0 fully saturated rings. The van der Waals surface area contributed by atoms with Gasteiger partial charge in [-0.15, -0.1) is 0 Å². The van der Waals surface area contributed by atoms with E-state index in [4.69, 9.17) is 14.6 Å². The Labute approximate surface area is 153 Å². The lowest BCUT2D eigenvalue weighted by atomic mass is 9.99. The lowest BCUT2D eigenvalue weighted by molar-refractivity contribution is -0.137. The van der Waals surface area contributed by atoms with Crippen molar-refractivity contribution in [2.45, 2.75) is 13.3 Å². The molecule has 1 N–H and O–H groups in total. The van der Waals surface area contributed by atoms with Crippen molar-refractivity contribution in [3.8, 4) is 11.5 Å². The van der Waals surface area contributed by atoms with E-state index in [1.807, 2.05) is 18.2 Å². The van der Waals surface area contributed by atoms with Gasteiger partial charge in [0.15, 0.2) is 11.5 Å². The van der Waals surface area contributed by atoms with Gasteiger partial charge < -0.3 is 19.5 Å². The molecule has 138 valence electrons. The van der Waals surface area contributed by atoms with Gasteiger partial charge in [0, 0.05) is 11.6 Å². The molecule has 0 bridgehead atoms. The quantitative estimate of drug-likeness (QED) is 0.786. The zero-order chi connectivity index (χ0) is 19.1. The number of benzene rings is 2. The van der Waals surface area contributed by atoms with Gasteiger partial charge in [-0.1, -0.05) is 31.2 Å². The molecule has 0 aromatic heterocycles. The summed E-state index contributed by atoms with van der Waals surface area (Å²) < 4.78 is 10.5. The Bertz CT molecular complexity index is 760. The summed E-state index contributed by atoms with van der Waals surface area (Å²) in [6.45, 7) is 1.41. The number of ether oxygens (including phenoxy) is 2. The number of carbonyl (C=O) groups excluding carboxylic acids is 1. The Kier molecular flexibility index (Phi) is 6.60. The van der Waals surface area contributed by atoms with E-state index in [0.29, 0.717) is 23.6 Å². The molecule has 0 spiro atoms. The molecule has 0 aliphatic heterocycles. The lowest BCUT2D eigenvalue weighted by Crippen LogP contribution is -2.39. The molecule has 0 saturated heterocycles. The van der Waals surface area contributed by atoms with E-state index >= 15 is 0 Å². The number of nitrogens with zero attached hydrogens (tertiary/aromatic N) is 1. The van der Waals surface area contributed by atoms with Crippen molar-refractivity contribution in [1.82, 2.24) is 0 Å². The van der Waals surface area contributed by atoms with E-state index in [1.165, 1.54) is 4.90 Å². The Balaban J connectivity index is 2.19. The summed E-state index contributed by atoms with van der Waals surface area (Å²) in [4.78, 5) is 25.4. The molecule has 0 saturated carbocycles. The van der Waals surface area contributed by atoms with E-state index < -0.39 is 11.9 Å². The summed E-state index contributed by atoms with van der Waals surface area (Å²) in [5.41, 5.74) is 1.48. The number of carbonyl (C=O) groups is 2. The van der Waals surface area contributed by atoms with Gasteiger partial charge in [-0.3, -0.25) is 9.59 Å². The molecule has 0 radical (unpaired) electrons. The van der Waals surface area contributed by atoms with Gasteiger partial charge >= 0.3 is 5.97 Å². The van der Waals surface area contributed by atoms with Crippen LogP contribution in [0.1, 0.15) is 12.5 Å². The number of hydrogen-bond acceptors (Lipinski definition) is 4. The number of hydrogen-bond donors (Lipinski definition) is 1. The summed E-state index contributed by atoms with van der Waals surface area (Å²) in [7, 11) is 3.12. The third-order valence-corrected chi connectivity index (χ3v) is 4.04. The smallest absolute Gasteiger partial charge is 0.323 e. The van der Waals surface area contributed by atoms with Gasteiger partial charge in [0.25, 0.3) is 0 Å². The van der Waals surface area contributed by atoms with Gasteiger partial charge in [-0.2, -0.15) is 0 Å². The normalized spacial score (nSPS) is 11.5. The minimum atomic E-state index is -1.06. The fourth-order valence-corrected chi connectivity index (χ4v) is 2.75. The number of amides is 1. The molecule has 0 aliphatic carbocycles. The number of methoxy groups -OCH3 is 2. The van der Waals surface area contributed by atoms with Crippen molar-refractivity contribution in [3.63, 3.8) is 0 Å². The molecular formula is C20H23NO5. The minimum Gasteiger partial charge on any atom is -0.493 e. The first-order valence-corrected chi connectivity index (χ1v) is 8.25. The molecule has 2 rings (SSSR count). The van der Waals surface area contributed by atoms with Gasteiger partial charge in [0.05, 0.1) is 14.2 Å². The van der Waals surface area contributed by atoms with Crippen molar-refractivity contribution in [2.75, 3.05) is 25.7 Å². The largest absolute Gasteiger partial charge is 0.493 e. The highest BCUT2D eigenvalue weighted by atomic mass is 16.5. The second-order valence-corrected chi connectivity index (χ2v) is 5.95. The van der Waals surface area contributed by atoms with Crippen LogP contribution in [0.3, 0.4) is 0 Å². The number of anilines is 1. The highest BCUT2D eigenvalue weighted by Gasteiger charge is 2.24. The van der Waals surface area contributed by atoms with E-state index in [2.05, 4.69) is 0 Å². The molecule has 6 nitrogen and oxygen atoms in total. The highest BCUT2D eigenvalue weighted by molar-refractivity contribution is 5.98. The predicted molar refractivity (Wildman–Crippen MR) is 98.8 cm³/mol. The standard InChI is InChI=1S/C20H23NO5/c1-14(11-15-9-10-17(25-2)18(12-15)26-3)20(24)21(13-19(22)23)16-7-5-4-6-8-16/h4-10,12,14H,11,13H2,1-3H3,(H,22,23). The molecule has 0 heterocycles. The van der Waals surface area contributed by atoms with Gasteiger partial charge in [-0.25, -0.2) is 0 Å². The minimum absolute atomic E-state index is 0.242. The van der Waals surface area contributed by atoms with E-state index in [1.54, 1.807) is 51.5 Å². The maximum Gasteiger partial charge on any atom is 0.323 e. The monoisotopic (exact) mass is 357 g/mol. The van der Waals surface area contributed by atoms with Gasteiger partial charge in [-0.05, 0) is 36.2 Å². The summed E-state index contributed by atoms with van der Waals surface area (Å²) >= 11 is 0. The topological polar surface area (TPSA) is 76.1 Å². The summed E-state index contributed by atoms with van der Waals surface area (Å²) in [5.74, 6) is -0.483. The Hall–Kier alpha value is -3.02. The molecule has 0 aliphatic rings. The molecule has 2 aromatic carbocycles. The average molecular weight is 357 g/mol. The van der Waals surface area contributed by atoms with Crippen LogP contribution in [0.4, 0.5) is 5.69 Å². The van der Waals surface area contributed by atoms with Crippen LogP contribution >= 0.6 is 0 Å². The van der Waals surface area contributed by atoms with Gasteiger partial charge in [0.1, 0.15) is 6.54 Å². The third kappa shape index (κ3) is 4.75. The average Bonchev–Trinajstić information content (AvgIpc) is 2.65. The van der Waals surface area contributed by atoms with Crippen LogP contribution in [0.15, 0.2) is 48.5 Å². The van der Waals surface area contributed by atoms with Crippen molar-refractivity contribution < 1.29 is 24.2 Å². The number of carboxylic acids is 1. The Morgan fingerprint density at radius 3 is 2.27 bits per heavy atom. The van der Waals surface area contributed by atoms with E-state index in [9.17, 15) is 9.59 Å². The zero-order valence-corrected chi connectivity index (χ0v) is 15.1. The second kappa shape index (κ2) is 8.89. The highest BCUT2D eigenvalue weighted by Crippen LogP contribution is 2.29. The van der Waals surface area contributed by atoms with Crippen LogP contribution < -0.4 is 14.4 Å². The number of carboxylic acid groups (broad SMARTS) is 1. The molecular weight excluding hydrogens is 334 g/mol. The van der Waals surface area contributed by atoms with Crippen LogP contribution in [-0.2, 0) is 16.0 Å². The molecule has 1 amide bonds. The molecule has 2 aromatic rings. The maximum absolute atomic E-state index is 12.9. The Morgan fingerprint density at radius 1 is 1.04 bits per heavy atom. The van der Waals surface area contributed by atoms with Crippen molar-refractivity contribution in [3.05, 3.63) is 54.1 Å². The van der Waals surface area contributed by atoms with Crippen molar-refractivity contribution >= 4 is 17.6 Å². The fourth-order valence-electron chi connectivity index (χ4n) is 2.75. The first-order chi connectivity index (χ1) is 12.5. The summed E-state index contributed by atoms with van der Waals surface area (Å²) in [5, 5.41) is 9.17. The SMILES string of the molecule is COc1ccc(CC(C)C(=O)N(CC(=O)O)c2ccccc2)cc1OC. The molecule has 1 unspecified atom stereocenters. The molecule has 26 heavy (non-hydrogen) atoms. The van der Waals surface area contributed by atoms with Crippen LogP contribution in [0.5, 0.6) is 11.5 Å². The van der Waals surface area contributed by atoms with Crippen LogP contribution in [0.25, 0.3) is 0 Å². The maximum atomic E-state index is 12.9. The number of rotatable bonds is 8. The van der Waals surface area contributed by atoms with Crippen LogP contribution in [0, 0.1) is 5.92 Å².